The van der Waals surface area contributed by atoms with Gasteiger partial charge >= 0.3 is 0 Å². The number of aromatic nitrogens is 2. The lowest BCUT2D eigenvalue weighted by Crippen LogP contribution is -2.54. The van der Waals surface area contributed by atoms with Crippen molar-refractivity contribution in [1.82, 2.24) is 20.0 Å². The lowest BCUT2D eigenvalue weighted by molar-refractivity contribution is 0.0555. The summed E-state index contributed by atoms with van der Waals surface area (Å²) in [7, 11) is 2.21. The van der Waals surface area contributed by atoms with E-state index >= 15 is 0 Å². The number of hydrogen-bond donors (Lipinski definition) is 1. The Bertz CT molecular complexity index is 368. The Morgan fingerprint density at radius 1 is 1.28 bits per heavy atom. The van der Waals surface area contributed by atoms with Crippen LogP contribution in [0, 0.1) is 0 Å². The van der Waals surface area contributed by atoms with Crippen molar-refractivity contribution in [2.75, 3.05) is 32.0 Å². The predicted octanol–water partition coefficient (Wildman–Crippen LogP) is 1.49. The molecular formula is C12H23N5S. The maximum atomic E-state index is 4.25. The van der Waals surface area contributed by atoms with Crippen molar-refractivity contribution in [2.45, 2.75) is 39.4 Å². The van der Waals surface area contributed by atoms with Crippen molar-refractivity contribution in [3.05, 3.63) is 5.01 Å². The first-order chi connectivity index (χ1) is 8.60. The Kier molecular flexibility index (Phi) is 4.53. The molecule has 1 aliphatic heterocycles. The Morgan fingerprint density at radius 3 is 2.56 bits per heavy atom. The van der Waals surface area contributed by atoms with Gasteiger partial charge in [-0.3, -0.25) is 9.80 Å². The second-order valence-electron chi connectivity index (χ2n) is 5.09. The van der Waals surface area contributed by atoms with Crippen LogP contribution in [0.1, 0.15) is 25.8 Å². The van der Waals surface area contributed by atoms with E-state index in [1.165, 1.54) is 0 Å². The number of likely N-dealkylation sites (N-methyl/N-ethyl adjacent to an activating group) is 1. The molecule has 1 saturated heterocycles. The fourth-order valence-corrected chi connectivity index (χ4v) is 3.22. The Balaban J connectivity index is 1.92. The normalized spacial score (nSPS) is 26.4. The van der Waals surface area contributed by atoms with Crippen LogP contribution in [0.2, 0.25) is 0 Å². The molecule has 1 aromatic heterocycles. The molecule has 2 atom stereocenters. The molecule has 0 aromatic carbocycles. The van der Waals surface area contributed by atoms with Gasteiger partial charge in [-0.25, -0.2) is 0 Å². The predicted molar refractivity (Wildman–Crippen MR) is 76.0 cm³/mol. The minimum atomic E-state index is 0.606. The molecule has 2 rings (SSSR count). The van der Waals surface area contributed by atoms with Crippen LogP contribution < -0.4 is 5.32 Å². The third-order valence-corrected chi connectivity index (χ3v) is 4.45. The van der Waals surface area contributed by atoms with Crippen LogP contribution in [0.25, 0.3) is 0 Å². The van der Waals surface area contributed by atoms with E-state index in [9.17, 15) is 0 Å². The average Bonchev–Trinajstić information content (AvgIpc) is 2.74. The second kappa shape index (κ2) is 5.95. The minimum Gasteiger partial charge on any atom is -0.360 e. The Hall–Kier alpha value is -0.720. The summed E-state index contributed by atoms with van der Waals surface area (Å²) < 4.78 is 0. The van der Waals surface area contributed by atoms with Gasteiger partial charge in [0.15, 0.2) is 0 Å². The zero-order valence-electron chi connectivity index (χ0n) is 11.7. The van der Waals surface area contributed by atoms with Crippen LogP contribution in [-0.2, 0) is 6.54 Å². The molecule has 1 fully saturated rings. The fraction of sp³-hybridized carbons (Fsp3) is 0.833. The van der Waals surface area contributed by atoms with E-state index in [0.717, 1.165) is 36.3 Å². The molecule has 1 N–H and O–H groups in total. The van der Waals surface area contributed by atoms with Crippen molar-refractivity contribution < 1.29 is 0 Å². The monoisotopic (exact) mass is 269 g/mol. The third kappa shape index (κ3) is 3.18. The highest BCUT2D eigenvalue weighted by atomic mass is 32.1. The summed E-state index contributed by atoms with van der Waals surface area (Å²) in [6, 6.07) is 1.21. The highest BCUT2D eigenvalue weighted by Gasteiger charge is 2.26. The number of anilines is 1. The standard InChI is InChI=1S/C12H23N5S/c1-5-13-12-15-14-11(18-12)8-17-6-9(2)16(4)10(3)7-17/h9-10H,5-8H2,1-4H3,(H,13,15). The number of nitrogens with one attached hydrogen (secondary N) is 1. The quantitative estimate of drug-likeness (QED) is 0.897. The zero-order valence-corrected chi connectivity index (χ0v) is 12.5. The van der Waals surface area contributed by atoms with Crippen molar-refractivity contribution in [3.8, 4) is 0 Å². The lowest BCUT2D eigenvalue weighted by Gasteiger charge is -2.42. The van der Waals surface area contributed by atoms with E-state index in [1.54, 1.807) is 11.3 Å². The first kappa shape index (κ1) is 13.7. The van der Waals surface area contributed by atoms with Crippen LogP contribution in [0.5, 0.6) is 0 Å². The van der Waals surface area contributed by atoms with E-state index in [2.05, 4.69) is 53.1 Å². The Morgan fingerprint density at radius 2 is 1.94 bits per heavy atom. The number of piperazine rings is 1. The van der Waals surface area contributed by atoms with Gasteiger partial charge in [0.25, 0.3) is 0 Å². The van der Waals surface area contributed by atoms with E-state index in [1.807, 2.05) is 0 Å². The number of nitrogens with zero attached hydrogens (tertiary/aromatic N) is 4. The van der Waals surface area contributed by atoms with Gasteiger partial charge in [0.1, 0.15) is 5.01 Å². The number of rotatable bonds is 4. The van der Waals surface area contributed by atoms with Gasteiger partial charge in [0, 0.05) is 31.7 Å². The van der Waals surface area contributed by atoms with Crippen LogP contribution in [0.15, 0.2) is 0 Å². The van der Waals surface area contributed by atoms with Gasteiger partial charge in [0.05, 0.1) is 6.54 Å². The molecular weight excluding hydrogens is 246 g/mol. The highest BCUT2D eigenvalue weighted by molar-refractivity contribution is 7.15. The molecule has 0 spiro atoms. The van der Waals surface area contributed by atoms with Gasteiger partial charge in [-0.2, -0.15) is 0 Å². The van der Waals surface area contributed by atoms with Gasteiger partial charge in [0.2, 0.25) is 5.13 Å². The summed E-state index contributed by atoms with van der Waals surface area (Å²) in [6.45, 7) is 10.7. The third-order valence-electron chi connectivity index (χ3n) is 3.59. The van der Waals surface area contributed by atoms with E-state index in [0.29, 0.717) is 12.1 Å². The molecule has 0 bridgehead atoms. The van der Waals surface area contributed by atoms with Gasteiger partial charge in [-0.1, -0.05) is 11.3 Å². The second-order valence-corrected chi connectivity index (χ2v) is 6.15. The SMILES string of the molecule is CCNc1nnc(CN2CC(C)N(C)C(C)C2)s1. The molecule has 0 saturated carbocycles. The van der Waals surface area contributed by atoms with Crippen LogP contribution in [-0.4, -0.2) is 58.8 Å². The zero-order chi connectivity index (χ0) is 13.1. The summed E-state index contributed by atoms with van der Waals surface area (Å²) in [4.78, 5) is 4.92. The molecule has 0 radical (unpaired) electrons. The maximum absolute atomic E-state index is 4.25. The highest BCUT2D eigenvalue weighted by Crippen LogP contribution is 2.20. The molecule has 1 aromatic rings. The molecule has 6 heteroatoms. The summed E-state index contributed by atoms with van der Waals surface area (Å²) in [5.41, 5.74) is 0. The smallest absolute Gasteiger partial charge is 0.205 e. The summed E-state index contributed by atoms with van der Waals surface area (Å²) in [5.74, 6) is 0. The molecule has 2 unspecified atom stereocenters. The van der Waals surface area contributed by atoms with Crippen molar-refractivity contribution >= 4 is 16.5 Å². The van der Waals surface area contributed by atoms with Crippen molar-refractivity contribution in [3.63, 3.8) is 0 Å². The van der Waals surface area contributed by atoms with Crippen LogP contribution >= 0.6 is 11.3 Å². The molecule has 0 amide bonds. The van der Waals surface area contributed by atoms with E-state index in [-0.39, 0.29) is 0 Å². The maximum Gasteiger partial charge on any atom is 0.205 e. The molecule has 2 heterocycles. The minimum absolute atomic E-state index is 0.606. The molecule has 102 valence electrons. The summed E-state index contributed by atoms with van der Waals surface area (Å²) in [6.07, 6.45) is 0. The first-order valence-corrected chi connectivity index (χ1v) is 7.42. The van der Waals surface area contributed by atoms with Crippen LogP contribution in [0.3, 0.4) is 0 Å². The molecule has 5 nitrogen and oxygen atoms in total. The lowest BCUT2D eigenvalue weighted by atomic mass is 10.1. The van der Waals surface area contributed by atoms with Gasteiger partial charge in [-0.05, 0) is 27.8 Å². The van der Waals surface area contributed by atoms with E-state index < -0.39 is 0 Å². The first-order valence-electron chi connectivity index (χ1n) is 6.60. The summed E-state index contributed by atoms with van der Waals surface area (Å²) in [5, 5.41) is 13.6. The largest absolute Gasteiger partial charge is 0.360 e. The number of hydrogen-bond acceptors (Lipinski definition) is 6. The fourth-order valence-electron chi connectivity index (χ4n) is 2.37. The van der Waals surface area contributed by atoms with Crippen LogP contribution in [0.4, 0.5) is 5.13 Å². The van der Waals surface area contributed by atoms with Gasteiger partial charge < -0.3 is 5.32 Å². The van der Waals surface area contributed by atoms with Crippen molar-refractivity contribution in [1.29, 1.82) is 0 Å². The van der Waals surface area contributed by atoms with Gasteiger partial charge in [-0.15, -0.1) is 10.2 Å². The molecule has 0 aliphatic carbocycles. The van der Waals surface area contributed by atoms with E-state index in [4.69, 9.17) is 0 Å². The Labute approximate surface area is 113 Å². The molecule has 18 heavy (non-hydrogen) atoms. The summed E-state index contributed by atoms with van der Waals surface area (Å²) >= 11 is 1.67. The topological polar surface area (TPSA) is 44.3 Å². The molecule has 1 aliphatic rings. The van der Waals surface area contributed by atoms with Crippen molar-refractivity contribution in [2.24, 2.45) is 0 Å². The average molecular weight is 269 g/mol.